The van der Waals surface area contributed by atoms with Crippen molar-refractivity contribution in [2.24, 2.45) is 0 Å². The largest absolute Gasteiger partial charge is 0.476 e. The van der Waals surface area contributed by atoms with Gasteiger partial charge in [-0.25, -0.2) is 4.98 Å². The Morgan fingerprint density at radius 1 is 1.53 bits per heavy atom. The molecular formula is C10H16BrN3O. The fraction of sp³-hybridized carbons (Fsp3) is 0.500. The van der Waals surface area contributed by atoms with E-state index in [9.17, 15) is 0 Å². The van der Waals surface area contributed by atoms with E-state index in [1.807, 2.05) is 14.1 Å². The SMILES string of the molecule is CN(C)CCCOc1ncc(Br)cc1N. The molecular weight excluding hydrogens is 258 g/mol. The van der Waals surface area contributed by atoms with Gasteiger partial charge in [0, 0.05) is 17.2 Å². The number of aromatic nitrogens is 1. The van der Waals surface area contributed by atoms with Gasteiger partial charge < -0.3 is 15.4 Å². The van der Waals surface area contributed by atoms with Gasteiger partial charge in [-0.15, -0.1) is 0 Å². The third kappa shape index (κ3) is 4.48. The third-order valence-electron chi connectivity index (χ3n) is 1.83. The van der Waals surface area contributed by atoms with E-state index in [2.05, 4.69) is 25.8 Å². The Labute approximate surface area is 98.6 Å². The van der Waals surface area contributed by atoms with Crippen LogP contribution in [0.3, 0.4) is 0 Å². The zero-order chi connectivity index (χ0) is 11.3. The van der Waals surface area contributed by atoms with Crippen LogP contribution in [0.15, 0.2) is 16.7 Å². The third-order valence-corrected chi connectivity index (χ3v) is 2.27. The fourth-order valence-corrected chi connectivity index (χ4v) is 1.46. The van der Waals surface area contributed by atoms with Crippen molar-refractivity contribution in [3.63, 3.8) is 0 Å². The van der Waals surface area contributed by atoms with Gasteiger partial charge in [0.15, 0.2) is 0 Å². The van der Waals surface area contributed by atoms with Gasteiger partial charge in [0.1, 0.15) is 0 Å². The minimum atomic E-state index is 0.511. The smallest absolute Gasteiger partial charge is 0.237 e. The second kappa shape index (κ2) is 5.92. The van der Waals surface area contributed by atoms with Crippen LogP contribution in [-0.4, -0.2) is 37.1 Å². The normalized spacial score (nSPS) is 10.7. The van der Waals surface area contributed by atoms with Crippen LogP contribution in [0.4, 0.5) is 5.69 Å². The highest BCUT2D eigenvalue weighted by Crippen LogP contribution is 2.21. The number of anilines is 1. The van der Waals surface area contributed by atoms with Gasteiger partial charge >= 0.3 is 0 Å². The summed E-state index contributed by atoms with van der Waals surface area (Å²) in [7, 11) is 4.07. The molecule has 1 aromatic heterocycles. The van der Waals surface area contributed by atoms with Crippen molar-refractivity contribution in [2.75, 3.05) is 33.0 Å². The highest BCUT2D eigenvalue weighted by molar-refractivity contribution is 9.10. The van der Waals surface area contributed by atoms with Crippen LogP contribution in [-0.2, 0) is 0 Å². The van der Waals surface area contributed by atoms with Gasteiger partial charge in [0.25, 0.3) is 0 Å². The average Bonchev–Trinajstić information content (AvgIpc) is 2.14. The van der Waals surface area contributed by atoms with E-state index in [0.717, 1.165) is 17.4 Å². The Bertz CT molecular complexity index is 318. The molecule has 0 amide bonds. The quantitative estimate of drug-likeness (QED) is 0.831. The van der Waals surface area contributed by atoms with Gasteiger partial charge in [0.2, 0.25) is 5.88 Å². The van der Waals surface area contributed by atoms with E-state index in [0.29, 0.717) is 18.2 Å². The van der Waals surface area contributed by atoms with Gasteiger partial charge in [-0.3, -0.25) is 0 Å². The summed E-state index contributed by atoms with van der Waals surface area (Å²) in [5.74, 6) is 0.511. The Morgan fingerprint density at radius 2 is 2.27 bits per heavy atom. The summed E-state index contributed by atoms with van der Waals surface area (Å²) in [6.45, 7) is 1.63. The maximum Gasteiger partial charge on any atom is 0.237 e. The number of rotatable bonds is 5. The molecule has 1 heterocycles. The van der Waals surface area contributed by atoms with Gasteiger partial charge in [-0.1, -0.05) is 0 Å². The first-order valence-electron chi connectivity index (χ1n) is 4.78. The van der Waals surface area contributed by atoms with Crippen molar-refractivity contribution >= 4 is 21.6 Å². The Morgan fingerprint density at radius 3 is 2.87 bits per heavy atom. The molecule has 4 nitrogen and oxygen atoms in total. The van der Waals surface area contributed by atoms with Crippen molar-refractivity contribution in [2.45, 2.75) is 6.42 Å². The molecule has 15 heavy (non-hydrogen) atoms. The molecule has 0 aliphatic rings. The van der Waals surface area contributed by atoms with Gasteiger partial charge in [-0.2, -0.15) is 0 Å². The molecule has 84 valence electrons. The van der Waals surface area contributed by atoms with E-state index in [-0.39, 0.29) is 0 Å². The van der Waals surface area contributed by atoms with E-state index in [1.165, 1.54) is 0 Å². The molecule has 0 saturated carbocycles. The van der Waals surface area contributed by atoms with E-state index >= 15 is 0 Å². The first-order chi connectivity index (χ1) is 7.09. The molecule has 0 aromatic carbocycles. The number of pyridine rings is 1. The first-order valence-corrected chi connectivity index (χ1v) is 5.57. The average molecular weight is 274 g/mol. The number of hydrogen-bond acceptors (Lipinski definition) is 4. The molecule has 0 aliphatic carbocycles. The fourth-order valence-electron chi connectivity index (χ4n) is 1.11. The number of nitrogen functional groups attached to an aromatic ring is 1. The molecule has 0 aliphatic heterocycles. The molecule has 1 rings (SSSR count). The molecule has 1 aromatic rings. The van der Waals surface area contributed by atoms with Crippen molar-refractivity contribution in [1.82, 2.24) is 9.88 Å². The van der Waals surface area contributed by atoms with E-state index in [1.54, 1.807) is 12.3 Å². The first kappa shape index (κ1) is 12.3. The highest BCUT2D eigenvalue weighted by Gasteiger charge is 2.02. The van der Waals surface area contributed by atoms with Gasteiger partial charge in [-0.05, 0) is 42.5 Å². The molecule has 0 radical (unpaired) electrons. The second-order valence-corrected chi connectivity index (χ2v) is 4.47. The molecule has 5 heteroatoms. The van der Waals surface area contributed by atoms with Crippen LogP contribution < -0.4 is 10.5 Å². The topological polar surface area (TPSA) is 51.4 Å². The maximum atomic E-state index is 5.74. The number of nitrogens with two attached hydrogens (primary N) is 1. The zero-order valence-electron chi connectivity index (χ0n) is 9.03. The predicted octanol–water partition coefficient (Wildman–Crippen LogP) is 1.76. The zero-order valence-corrected chi connectivity index (χ0v) is 10.6. The summed E-state index contributed by atoms with van der Waals surface area (Å²) in [4.78, 5) is 6.20. The van der Waals surface area contributed by atoms with Crippen LogP contribution in [0.2, 0.25) is 0 Å². The van der Waals surface area contributed by atoms with Crippen LogP contribution >= 0.6 is 15.9 Å². The predicted molar refractivity (Wildman–Crippen MR) is 65.0 cm³/mol. The molecule has 0 atom stereocenters. The molecule has 2 N–H and O–H groups in total. The molecule has 0 saturated heterocycles. The van der Waals surface area contributed by atoms with Crippen LogP contribution in [0.5, 0.6) is 5.88 Å². The van der Waals surface area contributed by atoms with Crippen molar-refractivity contribution < 1.29 is 4.74 Å². The summed E-state index contributed by atoms with van der Waals surface area (Å²) < 4.78 is 6.32. The number of hydrogen-bond donors (Lipinski definition) is 1. The van der Waals surface area contributed by atoms with Gasteiger partial charge in [0.05, 0.1) is 12.3 Å². The van der Waals surface area contributed by atoms with E-state index < -0.39 is 0 Å². The minimum absolute atomic E-state index is 0.511. The van der Waals surface area contributed by atoms with Crippen molar-refractivity contribution in [3.05, 3.63) is 16.7 Å². The number of ether oxygens (including phenoxy) is 1. The van der Waals surface area contributed by atoms with Crippen LogP contribution in [0.25, 0.3) is 0 Å². The Kier molecular flexibility index (Phi) is 4.84. The van der Waals surface area contributed by atoms with Crippen molar-refractivity contribution in [3.8, 4) is 5.88 Å². The molecule has 0 bridgehead atoms. The van der Waals surface area contributed by atoms with Crippen molar-refractivity contribution in [1.29, 1.82) is 0 Å². The summed E-state index contributed by atoms with van der Waals surface area (Å²) in [6, 6.07) is 1.79. The minimum Gasteiger partial charge on any atom is -0.476 e. The summed E-state index contributed by atoms with van der Waals surface area (Å²) in [6.07, 6.45) is 2.64. The maximum absolute atomic E-state index is 5.74. The highest BCUT2D eigenvalue weighted by atomic mass is 79.9. The Hall–Kier alpha value is -0.810. The summed E-state index contributed by atoms with van der Waals surface area (Å²) in [5, 5.41) is 0. The van der Waals surface area contributed by atoms with Crippen LogP contribution in [0.1, 0.15) is 6.42 Å². The monoisotopic (exact) mass is 273 g/mol. The molecule has 0 fully saturated rings. The number of nitrogens with zero attached hydrogens (tertiary/aromatic N) is 2. The second-order valence-electron chi connectivity index (χ2n) is 3.55. The lowest BCUT2D eigenvalue weighted by molar-refractivity contribution is 0.274. The van der Waals surface area contributed by atoms with E-state index in [4.69, 9.17) is 10.5 Å². The summed E-state index contributed by atoms with van der Waals surface area (Å²) in [5.41, 5.74) is 6.30. The molecule has 0 unspecified atom stereocenters. The molecule has 0 spiro atoms. The standard InChI is InChI=1S/C10H16BrN3O/c1-14(2)4-3-5-15-10-9(12)6-8(11)7-13-10/h6-7H,3-5,12H2,1-2H3. The lowest BCUT2D eigenvalue weighted by Crippen LogP contribution is -2.16. The summed E-state index contributed by atoms with van der Waals surface area (Å²) >= 11 is 3.29. The Balaban J connectivity index is 2.37. The number of halogens is 1. The lowest BCUT2D eigenvalue weighted by atomic mass is 10.4. The van der Waals surface area contributed by atoms with Crippen LogP contribution in [0, 0.1) is 0 Å². The lowest BCUT2D eigenvalue weighted by Gasteiger charge is -2.10.